The topological polar surface area (TPSA) is 48.1 Å². The van der Waals surface area contributed by atoms with Crippen LogP contribution in [-0.2, 0) is 6.54 Å². The van der Waals surface area contributed by atoms with Crippen molar-refractivity contribution in [3.05, 3.63) is 46.4 Å². The van der Waals surface area contributed by atoms with Gasteiger partial charge in [-0.05, 0) is 48.7 Å². The number of aromatic amines is 1. The highest BCUT2D eigenvalue weighted by Crippen LogP contribution is 2.14. The van der Waals surface area contributed by atoms with Gasteiger partial charge < -0.3 is 10.3 Å². The molecule has 0 saturated carbocycles. The van der Waals surface area contributed by atoms with Gasteiger partial charge in [-0.1, -0.05) is 6.07 Å². The fraction of sp³-hybridized carbons (Fsp3) is 0.400. The number of benzene rings is 1. The largest absolute Gasteiger partial charge is 0.329 e. The molecule has 1 aromatic carbocycles. The average molecular weight is 294 g/mol. The second-order valence-corrected chi connectivity index (χ2v) is 5.11. The Balaban J connectivity index is 0.00000147. The number of hydrogen-bond acceptors (Lipinski definition) is 3. The van der Waals surface area contributed by atoms with Crippen molar-refractivity contribution in [3.8, 4) is 0 Å². The van der Waals surface area contributed by atoms with Gasteiger partial charge >= 0.3 is 0 Å². The van der Waals surface area contributed by atoms with Crippen molar-refractivity contribution in [3.63, 3.8) is 0 Å². The lowest BCUT2D eigenvalue weighted by atomic mass is 10.1. The first-order chi connectivity index (χ1) is 9.33. The van der Waals surface area contributed by atoms with E-state index in [9.17, 15) is 4.79 Å². The normalized spacial score (nSPS) is 16.6. The van der Waals surface area contributed by atoms with Crippen LogP contribution in [0.2, 0.25) is 0 Å². The van der Waals surface area contributed by atoms with Crippen molar-refractivity contribution in [2.24, 2.45) is 0 Å². The smallest absolute Gasteiger partial charge is 0.255 e. The van der Waals surface area contributed by atoms with Gasteiger partial charge in [-0.15, -0.1) is 12.4 Å². The molecule has 1 aliphatic heterocycles. The van der Waals surface area contributed by atoms with Crippen LogP contribution in [0.1, 0.15) is 12.0 Å². The predicted molar refractivity (Wildman–Crippen MR) is 84.6 cm³/mol. The highest BCUT2D eigenvalue weighted by atomic mass is 35.5. The lowest BCUT2D eigenvalue weighted by molar-refractivity contribution is 0.284. The SMILES string of the molecule is Cl.O=c1[nH]ccc2cc(CN3CCCNCC3)ccc12. The van der Waals surface area contributed by atoms with E-state index in [2.05, 4.69) is 27.3 Å². The Kier molecular flexibility index (Phi) is 5.17. The van der Waals surface area contributed by atoms with Crippen LogP contribution in [0.25, 0.3) is 10.8 Å². The molecular formula is C15H20ClN3O. The molecule has 0 amide bonds. The first kappa shape index (κ1) is 15.0. The maximum atomic E-state index is 11.7. The molecule has 5 heteroatoms. The number of aromatic nitrogens is 1. The van der Waals surface area contributed by atoms with Crippen molar-refractivity contribution in [2.45, 2.75) is 13.0 Å². The third kappa shape index (κ3) is 3.39. The molecule has 0 atom stereocenters. The fourth-order valence-electron chi connectivity index (χ4n) is 2.66. The highest BCUT2D eigenvalue weighted by Gasteiger charge is 2.09. The third-order valence-corrected chi connectivity index (χ3v) is 3.68. The number of rotatable bonds is 2. The van der Waals surface area contributed by atoms with Crippen LogP contribution in [-0.4, -0.2) is 36.1 Å². The van der Waals surface area contributed by atoms with Crippen LogP contribution < -0.4 is 10.9 Å². The molecule has 1 aliphatic rings. The maximum Gasteiger partial charge on any atom is 0.255 e. The number of hydrogen-bond donors (Lipinski definition) is 2. The molecule has 3 rings (SSSR count). The minimum atomic E-state index is -0.0111. The third-order valence-electron chi connectivity index (χ3n) is 3.68. The summed E-state index contributed by atoms with van der Waals surface area (Å²) in [5.41, 5.74) is 1.27. The predicted octanol–water partition coefficient (Wildman–Crippen LogP) is 1.75. The van der Waals surface area contributed by atoms with E-state index in [4.69, 9.17) is 0 Å². The molecule has 20 heavy (non-hydrogen) atoms. The molecule has 1 saturated heterocycles. The molecule has 1 aromatic heterocycles. The van der Waals surface area contributed by atoms with Crippen LogP contribution >= 0.6 is 12.4 Å². The van der Waals surface area contributed by atoms with Crippen molar-refractivity contribution in [2.75, 3.05) is 26.2 Å². The summed E-state index contributed by atoms with van der Waals surface area (Å²) in [6.07, 6.45) is 2.91. The van der Waals surface area contributed by atoms with E-state index in [1.165, 1.54) is 12.0 Å². The summed E-state index contributed by atoms with van der Waals surface area (Å²) in [4.78, 5) is 16.8. The molecule has 0 unspecified atom stereocenters. The standard InChI is InChI=1S/C15H19N3O.ClH/c19-15-14-3-2-12(10-13(14)4-6-17-15)11-18-8-1-5-16-7-9-18;/h2-4,6,10,16H,1,5,7-9,11H2,(H,17,19);1H. The zero-order valence-corrected chi connectivity index (χ0v) is 12.2. The summed E-state index contributed by atoms with van der Waals surface area (Å²) in [7, 11) is 0. The van der Waals surface area contributed by atoms with Crippen LogP contribution in [0.15, 0.2) is 35.3 Å². The molecule has 4 nitrogen and oxygen atoms in total. The number of pyridine rings is 1. The number of halogens is 1. The number of nitrogens with zero attached hydrogens (tertiary/aromatic N) is 1. The van der Waals surface area contributed by atoms with E-state index in [-0.39, 0.29) is 18.0 Å². The van der Waals surface area contributed by atoms with Crippen LogP contribution in [0.5, 0.6) is 0 Å². The molecule has 0 spiro atoms. The fourth-order valence-corrected chi connectivity index (χ4v) is 2.66. The lowest BCUT2D eigenvalue weighted by Crippen LogP contribution is -2.27. The zero-order chi connectivity index (χ0) is 13.1. The van der Waals surface area contributed by atoms with Crippen LogP contribution in [0.4, 0.5) is 0 Å². The van der Waals surface area contributed by atoms with Gasteiger partial charge in [0, 0.05) is 31.2 Å². The lowest BCUT2D eigenvalue weighted by Gasteiger charge is -2.19. The molecule has 0 aliphatic carbocycles. The Morgan fingerprint density at radius 2 is 2.05 bits per heavy atom. The molecular weight excluding hydrogens is 274 g/mol. The van der Waals surface area contributed by atoms with Gasteiger partial charge in [-0.3, -0.25) is 9.69 Å². The first-order valence-corrected chi connectivity index (χ1v) is 6.86. The van der Waals surface area contributed by atoms with E-state index in [1.54, 1.807) is 6.20 Å². The molecule has 0 bridgehead atoms. The second-order valence-electron chi connectivity index (χ2n) is 5.11. The molecule has 1 fully saturated rings. The number of nitrogens with one attached hydrogen (secondary N) is 2. The van der Waals surface area contributed by atoms with Gasteiger partial charge in [0.25, 0.3) is 5.56 Å². The van der Waals surface area contributed by atoms with Gasteiger partial charge in [0.05, 0.1) is 0 Å². The van der Waals surface area contributed by atoms with Crippen molar-refractivity contribution in [1.29, 1.82) is 0 Å². The summed E-state index contributed by atoms with van der Waals surface area (Å²) in [6, 6.07) is 8.09. The first-order valence-electron chi connectivity index (χ1n) is 6.86. The van der Waals surface area contributed by atoms with Gasteiger partial charge in [0.1, 0.15) is 0 Å². The van der Waals surface area contributed by atoms with Crippen molar-refractivity contribution >= 4 is 23.2 Å². The average Bonchev–Trinajstić information content (AvgIpc) is 2.68. The Labute approximate surface area is 124 Å². The van der Waals surface area contributed by atoms with Gasteiger partial charge in [0.15, 0.2) is 0 Å². The number of fused-ring (bicyclic) bond motifs is 1. The summed E-state index contributed by atoms with van der Waals surface area (Å²) >= 11 is 0. The molecule has 108 valence electrons. The molecule has 0 radical (unpaired) electrons. The van der Waals surface area contributed by atoms with E-state index in [0.717, 1.165) is 43.5 Å². The van der Waals surface area contributed by atoms with Crippen LogP contribution in [0.3, 0.4) is 0 Å². The van der Waals surface area contributed by atoms with Gasteiger partial charge in [-0.2, -0.15) is 0 Å². The van der Waals surface area contributed by atoms with Gasteiger partial charge in [-0.25, -0.2) is 0 Å². The minimum absolute atomic E-state index is 0. The van der Waals surface area contributed by atoms with Crippen molar-refractivity contribution in [1.82, 2.24) is 15.2 Å². The van der Waals surface area contributed by atoms with Crippen LogP contribution in [0, 0.1) is 0 Å². The molecule has 2 N–H and O–H groups in total. The Bertz CT molecular complexity index is 618. The summed E-state index contributed by atoms with van der Waals surface area (Å²) < 4.78 is 0. The summed E-state index contributed by atoms with van der Waals surface area (Å²) in [5, 5.41) is 5.20. The molecule has 2 aromatic rings. The number of H-pyrrole nitrogens is 1. The van der Waals surface area contributed by atoms with Crippen molar-refractivity contribution < 1.29 is 0 Å². The van der Waals surface area contributed by atoms with E-state index in [1.807, 2.05) is 12.1 Å². The van der Waals surface area contributed by atoms with E-state index >= 15 is 0 Å². The summed E-state index contributed by atoms with van der Waals surface area (Å²) in [5.74, 6) is 0. The molecule has 2 heterocycles. The second kappa shape index (κ2) is 6.88. The Hall–Kier alpha value is -1.36. The van der Waals surface area contributed by atoms with Gasteiger partial charge in [0.2, 0.25) is 0 Å². The maximum absolute atomic E-state index is 11.7. The zero-order valence-electron chi connectivity index (χ0n) is 11.4. The quantitative estimate of drug-likeness (QED) is 0.887. The summed E-state index contributed by atoms with van der Waals surface area (Å²) in [6.45, 7) is 5.37. The van der Waals surface area contributed by atoms with E-state index < -0.39 is 0 Å². The Morgan fingerprint density at radius 1 is 1.15 bits per heavy atom. The Morgan fingerprint density at radius 3 is 2.95 bits per heavy atom. The minimum Gasteiger partial charge on any atom is -0.329 e. The monoisotopic (exact) mass is 293 g/mol. The van der Waals surface area contributed by atoms with E-state index in [0.29, 0.717) is 0 Å². The highest BCUT2D eigenvalue weighted by molar-refractivity contribution is 5.85.